The van der Waals surface area contributed by atoms with Crippen LogP contribution in [0.2, 0.25) is 0 Å². The van der Waals surface area contributed by atoms with Gasteiger partial charge in [0.25, 0.3) is 0 Å². The van der Waals surface area contributed by atoms with Crippen molar-refractivity contribution in [1.82, 2.24) is 0 Å². The minimum atomic E-state index is -0.316. The van der Waals surface area contributed by atoms with Crippen molar-refractivity contribution >= 4 is 27.5 Å². The molecule has 0 N–H and O–H groups in total. The molecular weight excluding hydrogens is 355 g/mol. The highest BCUT2D eigenvalue weighted by molar-refractivity contribution is 9.10. The van der Waals surface area contributed by atoms with Crippen molar-refractivity contribution in [2.75, 3.05) is 7.11 Å². The van der Waals surface area contributed by atoms with E-state index in [9.17, 15) is 4.39 Å². The van der Waals surface area contributed by atoms with Crippen LogP contribution in [0.1, 0.15) is 56.9 Å². The Hall–Kier alpha value is -0.280. The molecular formula is C17H23BrClFO. The molecule has 21 heavy (non-hydrogen) atoms. The Morgan fingerprint density at radius 1 is 1.33 bits per heavy atom. The highest BCUT2D eigenvalue weighted by Crippen LogP contribution is 2.56. The fourth-order valence-corrected chi connectivity index (χ4v) is 4.54. The third kappa shape index (κ3) is 3.56. The Labute approximate surface area is 140 Å². The van der Waals surface area contributed by atoms with Gasteiger partial charge in [0, 0.05) is 11.6 Å². The van der Waals surface area contributed by atoms with E-state index in [-0.39, 0.29) is 16.6 Å². The first-order valence-corrected chi connectivity index (χ1v) is 8.79. The lowest BCUT2D eigenvalue weighted by Crippen LogP contribution is -2.25. The molecule has 1 aromatic rings. The number of ether oxygens (including phenoxy) is 1. The van der Waals surface area contributed by atoms with Crippen LogP contribution in [0.25, 0.3) is 0 Å². The maximum absolute atomic E-state index is 13.7. The Kier molecular flexibility index (Phi) is 5.59. The molecule has 1 aliphatic carbocycles. The molecule has 0 amide bonds. The molecule has 1 aromatic carbocycles. The summed E-state index contributed by atoms with van der Waals surface area (Å²) in [5.41, 5.74) is 0.996. The number of hydrogen-bond donors (Lipinski definition) is 0. The maximum Gasteiger partial charge on any atom is 0.141 e. The van der Waals surface area contributed by atoms with Crippen molar-refractivity contribution in [2.45, 2.75) is 51.3 Å². The Bertz CT molecular complexity index is 498. The highest BCUT2D eigenvalue weighted by atomic mass is 79.9. The molecule has 0 aliphatic heterocycles. The van der Waals surface area contributed by atoms with E-state index >= 15 is 0 Å². The zero-order valence-corrected chi connectivity index (χ0v) is 15.2. The fraction of sp³-hybridized carbons (Fsp3) is 0.647. The van der Waals surface area contributed by atoms with Crippen LogP contribution in [0.15, 0.2) is 16.6 Å². The maximum atomic E-state index is 13.7. The van der Waals surface area contributed by atoms with Gasteiger partial charge in [-0.1, -0.05) is 26.7 Å². The zero-order valence-electron chi connectivity index (χ0n) is 12.9. The van der Waals surface area contributed by atoms with Gasteiger partial charge in [-0.05, 0) is 52.6 Å². The second-order valence-electron chi connectivity index (χ2n) is 6.54. The molecule has 2 rings (SSSR count). The van der Waals surface area contributed by atoms with Gasteiger partial charge >= 0.3 is 0 Å². The molecule has 118 valence electrons. The van der Waals surface area contributed by atoms with E-state index in [1.165, 1.54) is 18.9 Å². The summed E-state index contributed by atoms with van der Waals surface area (Å²) >= 11 is 10.2. The molecule has 1 nitrogen and oxygen atoms in total. The SMILES string of the molecule is COc1cc(F)c(Br)cc1C(Cl)C1(CC(C)C)CCCC1. The smallest absolute Gasteiger partial charge is 0.141 e. The van der Waals surface area contributed by atoms with Crippen molar-refractivity contribution in [2.24, 2.45) is 11.3 Å². The first-order valence-electron chi connectivity index (χ1n) is 7.56. The van der Waals surface area contributed by atoms with E-state index in [0.717, 1.165) is 24.8 Å². The number of benzene rings is 1. The average Bonchev–Trinajstić information content (AvgIpc) is 2.89. The van der Waals surface area contributed by atoms with Crippen molar-refractivity contribution in [3.05, 3.63) is 28.0 Å². The van der Waals surface area contributed by atoms with Crippen LogP contribution in [0.3, 0.4) is 0 Å². The first kappa shape index (κ1) is 17.1. The molecule has 4 heteroatoms. The molecule has 0 aromatic heterocycles. The van der Waals surface area contributed by atoms with Gasteiger partial charge in [0.05, 0.1) is 17.0 Å². The highest BCUT2D eigenvalue weighted by Gasteiger charge is 2.42. The number of hydrogen-bond acceptors (Lipinski definition) is 1. The van der Waals surface area contributed by atoms with Crippen molar-refractivity contribution in [1.29, 1.82) is 0 Å². The summed E-state index contributed by atoms with van der Waals surface area (Å²) in [5.74, 6) is 0.828. The number of alkyl halides is 1. The second kappa shape index (κ2) is 6.87. The molecule has 0 spiro atoms. The monoisotopic (exact) mass is 376 g/mol. The van der Waals surface area contributed by atoms with Gasteiger partial charge in [-0.3, -0.25) is 0 Å². The molecule has 1 aliphatic rings. The summed E-state index contributed by atoms with van der Waals surface area (Å²) in [6.07, 6.45) is 5.82. The standard InChI is InChI=1S/C17H23BrClFO/c1-11(2)10-17(6-4-5-7-17)16(19)12-8-13(18)14(20)9-15(12)21-3/h8-9,11,16H,4-7,10H2,1-3H3. The zero-order chi connectivity index (χ0) is 15.6. The minimum absolute atomic E-state index is 0.0975. The van der Waals surface area contributed by atoms with Crippen LogP contribution in [0, 0.1) is 17.2 Å². The summed E-state index contributed by atoms with van der Waals surface area (Å²) in [5, 5.41) is -0.144. The second-order valence-corrected chi connectivity index (χ2v) is 7.83. The molecule has 0 bridgehead atoms. The number of methoxy groups -OCH3 is 1. The lowest BCUT2D eigenvalue weighted by atomic mass is 9.73. The largest absolute Gasteiger partial charge is 0.496 e. The molecule has 1 unspecified atom stereocenters. The van der Waals surface area contributed by atoms with Crippen molar-refractivity contribution in [3.63, 3.8) is 0 Å². The van der Waals surface area contributed by atoms with Gasteiger partial charge < -0.3 is 4.74 Å². The predicted octanol–water partition coefficient (Wildman–Crippen LogP) is 6.48. The third-order valence-corrected chi connectivity index (χ3v) is 5.80. The predicted molar refractivity (Wildman–Crippen MR) is 89.6 cm³/mol. The van der Waals surface area contributed by atoms with Crippen molar-refractivity contribution < 1.29 is 9.13 Å². The lowest BCUT2D eigenvalue weighted by Gasteiger charge is -2.36. The Morgan fingerprint density at radius 2 is 1.95 bits per heavy atom. The summed E-state index contributed by atoms with van der Waals surface area (Å²) in [6, 6.07) is 3.21. The quantitative estimate of drug-likeness (QED) is 0.533. The van der Waals surface area contributed by atoms with E-state index < -0.39 is 0 Å². The van der Waals surface area contributed by atoms with Crippen LogP contribution < -0.4 is 4.74 Å². The van der Waals surface area contributed by atoms with Gasteiger partial charge in [-0.25, -0.2) is 4.39 Å². The van der Waals surface area contributed by atoms with E-state index in [4.69, 9.17) is 16.3 Å². The molecule has 1 fully saturated rings. The van der Waals surface area contributed by atoms with Crippen LogP contribution in [-0.2, 0) is 0 Å². The van der Waals surface area contributed by atoms with E-state index in [1.807, 2.05) is 0 Å². The topological polar surface area (TPSA) is 9.23 Å². The van der Waals surface area contributed by atoms with Crippen LogP contribution in [-0.4, -0.2) is 7.11 Å². The Morgan fingerprint density at radius 3 is 2.48 bits per heavy atom. The summed E-state index contributed by atoms with van der Waals surface area (Å²) in [4.78, 5) is 0. The minimum Gasteiger partial charge on any atom is -0.496 e. The first-order chi connectivity index (χ1) is 9.89. The van der Waals surface area contributed by atoms with Gasteiger partial charge in [0.1, 0.15) is 11.6 Å². The molecule has 0 radical (unpaired) electrons. The van der Waals surface area contributed by atoms with Gasteiger partial charge in [-0.15, -0.1) is 11.6 Å². The van der Waals surface area contributed by atoms with E-state index in [0.29, 0.717) is 16.1 Å². The summed E-state index contributed by atoms with van der Waals surface area (Å²) < 4.78 is 19.5. The summed E-state index contributed by atoms with van der Waals surface area (Å²) in [6.45, 7) is 4.48. The normalized spacial score (nSPS) is 19.0. The Balaban J connectivity index is 2.41. The molecule has 0 saturated heterocycles. The van der Waals surface area contributed by atoms with Crippen molar-refractivity contribution in [3.8, 4) is 5.75 Å². The average molecular weight is 378 g/mol. The number of halogens is 3. The van der Waals surface area contributed by atoms with Gasteiger partial charge in [-0.2, -0.15) is 0 Å². The molecule has 1 atom stereocenters. The number of rotatable bonds is 5. The van der Waals surface area contributed by atoms with Crippen LogP contribution >= 0.6 is 27.5 Å². The lowest BCUT2D eigenvalue weighted by molar-refractivity contribution is 0.220. The van der Waals surface area contributed by atoms with E-state index in [1.54, 1.807) is 13.2 Å². The van der Waals surface area contributed by atoms with Gasteiger partial charge in [0.2, 0.25) is 0 Å². The molecule has 1 saturated carbocycles. The van der Waals surface area contributed by atoms with Gasteiger partial charge in [0.15, 0.2) is 0 Å². The fourth-order valence-electron chi connectivity index (χ4n) is 3.70. The van der Waals surface area contributed by atoms with Crippen LogP contribution in [0.4, 0.5) is 4.39 Å². The summed E-state index contributed by atoms with van der Waals surface area (Å²) in [7, 11) is 1.57. The van der Waals surface area contributed by atoms with E-state index in [2.05, 4.69) is 29.8 Å². The van der Waals surface area contributed by atoms with Crippen LogP contribution in [0.5, 0.6) is 5.75 Å². The third-order valence-electron chi connectivity index (χ3n) is 4.50. The molecule has 0 heterocycles.